The molecule has 1 aromatic heterocycles. The Hall–Kier alpha value is -2.67. The molecule has 1 atom stereocenters. The van der Waals surface area contributed by atoms with Crippen molar-refractivity contribution in [3.05, 3.63) is 58.3 Å². The summed E-state index contributed by atoms with van der Waals surface area (Å²) in [5, 5.41) is 13.9. The maximum Gasteiger partial charge on any atom is 0.287 e. The minimum Gasteiger partial charge on any atom is -0.496 e. The van der Waals surface area contributed by atoms with E-state index in [2.05, 4.69) is 15.2 Å². The first kappa shape index (κ1) is 16.7. The Bertz CT molecular complexity index is 659. The Morgan fingerprint density at radius 3 is 2.61 bits per heavy atom. The van der Waals surface area contributed by atoms with Crippen molar-refractivity contribution in [2.45, 2.75) is 6.04 Å². The van der Waals surface area contributed by atoms with Crippen molar-refractivity contribution in [3.8, 4) is 5.75 Å². The molecule has 7 heteroatoms. The topological polar surface area (TPSA) is 80.5 Å². The van der Waals surface area contributed by atoms with Crippen molar-refractivity contribution in [3.63, 3.8) is 0 Å². The van der Waals surface area contributed by atoms with Gasteiger partial charge in [-0.1, -0.05) is 18.2 Å². The van der Waals surface area contributed by atoms with E-state index in [1.807, 2.05) is 38.4 Å². The van der Waals surface area contributed by atoms with Crippen LogP contribution in [0, 0.1) is 10.1 Å². The standard InChI is InChI=1S/C16H20N4O3/c1-19(2)14(13-6-4-5-7-15(13)23-3)11-18-16-9-8-12(10-17-16)20(21)22/h4-10,14H,11H2,1-3H3,(H,17,18). The van der Waals surface area contributed by atoms with E-state index < -0.39 is 4.92 Å². The number of methoxy groups -OCH3 is 1. The van der Waals surface area contributed by atoms with Gasteiger partial charge in [-0.3, -0.25) is 10.1 Å². The van der Waals surface area contributed by atoms with Crippen LogP contribution in [0.2, 0.25) is 0 Å². The molecular weight excluding hydrogens is 296 g/mol. The Balaban J connectivity index is 2.12. The lowest BCUT2D eigenvalue weighted by atomic mass is 10.0. The fourth-order valence-electron chi connectivity index (χ4n) is 2.31. The van der Waals surface area contributed by atoms with E-state index in [9.17, 15) is 10.1 Å². The lowest BCUT2D eigenvalue weighted by molar-refractivity contribution is -0.385. The summed E-state index contributed by atoms with van der Waals surface area (Å²) in [7, 11) is 5.63. The molecule has 0 saturated heterocycles. The number of likely N-dealkylation sites (N-methyl/N-ethyl adjacent to an activating group) is 1. The van der Waals surface area contributed by atoms with Crippen LogP contribution in [0.4, 0.5) is 11.5 Å². The molecular formula is C16H20N4O3. The average molecular weight is 316 g/mol. The molecule has 0 aliphatic carbocycles. The van der Waals surface area contributed by atoms with Crippen molar-refractivity contribution >= 4 is 11.5 Å². The van der Waals surface area contributed by atoms with Gasteiger partial charge >= 0.3 is 0 Å². The number of pyridine rings is 1. The molecule has 0 radical (unpaired) electrons. The predicted molar refractivity (Wildman–Crippen MR) is 88.8 cm³/mol. The summed E-state index contributed by atoms with van der Waals surface area (Å²) >= 11 is 0. The summed E-state index contributed by atoms with van der Waals surface area (Å²) in [6.07, 6.45) is 1.25. The monoisotopic (exact) mass is 316 g/mol. The van der Waals surface area contributed by atoms with Gasteiger partial charge in [-0.05, 0) is 26.2 Å². The highest BCUT2D eigenvalue weighted by molar-refractivity contribution is 5.42. The summed E-state index contributed by atoms with van der Waals surface area (Å²) in [6.45, 7) is 0.595. The Kier molecular flexibility index (Phi) is 5.48. The molecule has 122 valence electrons. The Labute approximate surface area is 135 Å². The quantitative estimate of drug-likeness (QED) is 0.625. The highest BCUT2D eigenvalue weighted by Gasteiger charge is 2.18. The van der Waals surface area contributed by atoms with Gasteiger partial charge in [-0.15, -0.1) is 0 Å². The van der Waals surface area contributed by atoms with E-state index in [0.717, 1.165) is 11.3 Å². The van der Waals surface area contributed by atoms with E-state index in [1.165, 1.54) is 12.3 Å². The van der Waals surface area contributed by atoms with Crippen LogP contribution in [0.15, 0.2) is 42.6 Å². The van der Waals surface area contributed by atoms with Crippen molar-refractivity contribution < 1.29 is 9.66 Å². The summed E-state index contributed by atoms with van der Waals surface area (Å²) in [6, 6.07) is 11.0. The number of hydrogen-bond donors (Lipinski definition) is 1. The van der Waals surface area contributed by atoms with Gasteiger partial charge in [-0.2, -0.15) is 0 Å². The minimum absolute atomic E-state index is 0.0237. The molecule has 23 heavy (non-hydrogen) atoms. The molecule has 2 aromatic rings. The van der Waals surface area contributed by atoms with Gasteiger partial charge in [0.05, 0.1) is 18.1 Å². The zero-order valence-corrected chi connectivity index (χ0v) is 13.4. The van der Waals surface area contributed by atoms with Crippen LogP contribution < -0.4 is 10.1 Å². The number of ether oxygens (including phenoxy) is 1. The SMILES string of the molecule is COc1ccccc1C(CNc1ccc([N+](=O)[O-])cn1)N(C)C. The summed E-state index contributed by atoms with van der Waals surface area (Å²) in [5.74, 6) is 1.42. The van der Waals surface area contributed by atoms with E-state index in [4.69, 9.17) is 4.74 Å². The maximum absolute atomic E-state index is 10.6. The van der Waals surface area contributed by atoms with Crippen LogP contribution in [-0.4, -0.2) is 42.6 Å². The van der Waals surface area contributed by atoms with Crippen molar-refractivity contribution in [1.29, 1.82) is 0 Å². The zero-order chi connectivity index (χ0) is 16.8. The van der Waals surface area contributed by atoms with Crippen LogP contribution >= 0.6 is 0 Å². The van der Waals surface area contributed by atoms with Gasteiger partial charge in [0.2, 0.25) is 0 Å². The third-order valence-corrected chi connectivity index (χ3v) is 3.56. The Morgan fingerprint density at radius 2 is 2.04 bits per heavy atom. The zero-order valence-electron chi connectivity index (χ0n) is 13.4. The number of rotatable bonds is 7. The van der Waals surface area contributed by atoms with Crippen LogP contribution in [0.25, 0.3) is 0 Å². The third kappa shape index (κ3) is 4.17. The van der Waals surface area contributed by atoms with Gasteiger partial charge < -0.3 is 15.0 Å². The van der Waals surface area contributed by atoms with Crippen molar-refractivity contribution in [1.82, 2.24) is 9.88 Å². The summed E-state index contributed by atoms with van der Waals surface area (Å²) in [4.78, 5) is 16.3. The first-order valence-electron chi connectivity index (χ1n) is 7.16. The second-order valence-corrected chi connectivity index (χ2v) is 5.26. The largest absolute Gasteiger partial charge is 0.496 e. The van der Waals surface area contributed by atoms with Gasteiger partial charge in [0.25, 0.3) is 5.69 Å². The van der Waals surface area contributed by atoms with Crippen LogP contribution in [0.5, 0.6) is 5.75 Å². The van der Waals surface area contributed by atoms with E-state index in [-0.39, 0.29) is 11.7 Å². The molecule has 0 bridgehead atoms. The number of benzene rings is 1. The molecule has 0 spiro atoms. The van der Waals surface area contributed by atoms with Crippen LogP contribution in [0.3, 0.4) is 0 Å². The third-order valence-electron chi connectivity index (χ3n) is 3.56. The van der Waals surface area contributed by atoms with Gasteiger partial charge in [-0.25, -0.2) is 4.98 Å². The van der Waals surface area contributed by atoms with Gasteiger partial charge in [0, 0.05) is 18.2 Å². The average Bonchev–Trinajstić information content (AvgIpc) is 2.55. The minimum atomic E-state index is -0.464. The molecule has 0 aliphatic rings. The lowest BCUT2D eigenvalue weighted by Gasteiger charge is -2.26. The predicted octanol–water partition coefficient (Wildman–Crippen LogP) is 2.71. The summed E-state index contributed by atoms with van der Waals surface area (Å²) in [5.41, 5.74) is 1.04. The normalized spacial score (nSPS) is 12.0. The van der Waals surface area contributed by atoms with Crippen molar-refractivity contribution in [2.75, 3.05) is 33.1 Å². The molecule has 7 nitrogen and oxygen atoms in total. The summed E-state index contributed by atoms with van der Waals surface area (Å²) < 4.78 is 5.43. The maximum atomic E-state index is 10.6. The second-order valence-electron chi connectivity index (χ2n) is 5.26. The molecule has 1 heterocycles. The van der Waals surface area contributed by atoms with Crippen LogP contribution in [0.1, 0.15) is 11.6 Å². The number of nitrogens with one attached hydrogen (secondary N) is 1. The first-order valence-corrected chi connectivity index (χ1v) is 7.16. The number of para-hydroxylation sites is 1. The molecule has 0 fully saturated rings. The van der Waals surface area contributed by atoms with Gasteiger partial charge in [0.15, 0.2) is 0 Å². The molecule has 1 N–H and O–H groups in total. The van der Waals surface area contributed by atoms with E-state index in [1.54, 1.807) is 13.2 Å². The molecule has 0 saturated carbocycles. The highest BCUT2D eigenvalue weighted by atomic mass is 16.6. The number of aromatic nitrogens is 1. The lowest BCUT2D eigenvalue weighted by Crippen LogP contribution is -2.27. The second kappa shape index (κ2) is 7.55. The van der Waals surface area contributed by atoms with Crippen LogP contribution in [-0.2, 0) is 0 Å². The molecule has 0 aliphatic heterocycles. The number of hydrogen-bond acceptors (Lipinski definition) is 6. The molecule has 2 rings (SSSR count). The van der Waals surface area contributed by atoms with Crippen molar-refractivity contribution in [2.24, 2.45) is 0 Å². The first-order chi connectivity index (χ1) is 11.0. The molecule has 1 unspecified atom stereocenters. The fraction of sp³-hybridized carbons (Fsp3) is 0.312. The molecule has 1 aromatic carbocycles. The van der Waals surface area contributed by atoms with E-state index in [0.29, 0.717) is 12.4 Å². The molecule has 0 amide bonds. The fourth-order valence-corrected chi connectivity index (χ4v) is 2.31. The number of anilines is 1. The van der Waals surface area contributed by atoms with Gasteiger partial charge in [0.1, 0.15) is 17.8 Å². The highest BCUT2D eigenvalue weighted by Crippen LogP contribution is 2.28. The Morgan fingerprint density at radius 1 is 1.30 bits per heavy atom. The number of nitrogens with zero attached hydrogens (tertiary/aromatic N) is 3. The number of nitro groups is 1. The van der Waals surface area contributed by atoms with E-state index >= 15 is 0 Å². The smallest absolute Gasteiger partial charge is 0.287 e.